The van der Waals surface area contributed by atoms with E-state index in [1.807, 2.05) is 18.2 Å². The first-order valence-corrected chi connectivity index (χ1v) is 8.31. The molecule has 3 heteroatoms. The molecule has 0 radical (unpaired) electrons. The lowest BCUT2D eigenvalue weighted by molar-refractivity contribution is 0.284. The molecule has 0 fully saturated rings. The van der Waals surface area contributed by atoms with Crippen molar-refractivity contribution >= 4 is 0 Å². The topological polar surface area (TPSA) is 44.5 Å². The van der Waals surface area contributed by atoms with E-state index in [9.17, 15) is 0 Å². The van der Waals surface area contributed by atoms with Crippen LogP contribution in [-0.4, -0.2) is 13.7 Å². The smallest absolute Gasteiger partial charge is 0.161 e. The van der Waals surface area contributed by atoms with E-state index < -0.39 is 0 Å². The molecule has 1 rings (SSSR count). The summed E-state index contributed by atoms with van der Waals surface area (Å²) in [5.41, 5.74) is 6.73. The van der Waals surface area contributed by atoms with Crippen LogP contribution in [0.3, 0.4) is 0 Å². The maximum atomic E-state index is 5.84. The Balaban J connectivity index is 2.17. The van der Waals surface area contributed by atoms with Crippen LogP contribution in [0.4, 0.5) is 0 Å². The van der Waals surface area contributed by atoms with E-state index in [4.69, 9.17) is 15.2 Å². The van der Waals surface area contributed by atoms with E-state index in [1.54, 1.807) is 7.11 Å². The van der Waals surface area contributed by atoms with Gasteiger partial charge in [-0.25, -0.2) is 0 Å². The van der Waals surface area contributed by atoms with Crippen LogP contribution >= 0.6 is 0 Å². The summed E-state index contributed by atoms with van der Waals surface area (Å²) in [6.07, 6.45) is 10.5. The summed E-state index contributed by atoms with van der Waals surface area (Å²) in [6.45, 7) is 3.53. The summed E-state index contributed by atoms with van der Waals surface area (Å²) in [7, 11) is 1.67. The monoisotopic (exact) mass is 293 g/mol. The van der Waals surface area contributed by atoms with Crippen molar-refractivity contribution in [1.82, 2.24) is 0 Å². The average Bonchev–Trinajstić information content (AvgIpc) is 2.53. The zero-order valence-corrected chi connectivity index (χ0v) is 13.7. The third kappa shape index (κ3) is 7.37. The second-order valence-corrected chi connectivity index (χ2v) is 5.51. The van der Waals surface area contributed by atoms with Gasteiger partial charge in [0.2, 0.25) is 0 Å². The molecule has 0 spiro atoms. The first-order valence-electron chi connectivity index (χ1n) is 8.31. The molecule has 0 aliphatic carbocycles. The molecule has 1 aromatic rings. The lowest BCUT2D eigenvalue weighted by Gasteiger charge is -2.12. The van der Waals surface area contributed by atoms with Crippen LogP contribution < -0.4 is 15.2 Å². The fourth-order valence-corrected chi connectivity index (χ4v) is 2.38. The van der Waals surface area contributed by atoms with Crippen LogP contribution in [0.2, 0.25) is 0 Å². The normalized spacial score (nSPS) is 10.6. The highest BCUT2D eigenvalue weighted by Gasteiger charge is 2.05. The molecule has 3 nitrogen and oxygen atoms in total. The van der Waals surface area contributed by atoms with Crippen LogP contribution in [0.25, 0.3) is 0 Å². The van der Waals surface area contributed by atoms with Gasteiger partial charge >= 0.3 is 0 Å². The fourth-order valence-electron chi connectivity index (χ4n) is 2.38. The van der Waals surface area contributed by atoms with Gasteiger partial charge in [0.15, 0.2) is 11.5 Å². The maximum absolute atomic E-state index is 5.84. The predicted octanol–water partition coefficient (Wildman–Crippen LogP) is 4.67. The maximum Gasteiger partial charge on any atom is 0.161 e. The summed E-state index contributed by atoms with van der Waals surface area (Å²) in [5, 5.41) is 0. The zero-order chi connectivity index (χ0) is 15.3. The molecule has 120 valence electrons. The van der Waals surface area contributed by atoms with Gasteiger partial charge in [-0.1, -0.05) is 57.9 Å². The first kappa shape index (κ1) is 17.8. The van der Waals surface area contributed by atoms with E-state index in [0.29, 0.717) is 6.54 Å². The second kappa shape index (κ2) is 11.4. The zero-order valence-electron chi connectivity index (χ0n) is 13.7. The second-order valence-electron chi connectivity index (χ2n) is 5.51. The van der Waals surface area contributed by atoms with Gasteiger partial charge in [0.25, 0.3) is 0 Å². The molecule has 0 aliphatic heterocycles. The number of benzene rings is 1. The Morgan fingerprint density at radius 1 is 0.905 bits per heavy atom. The molecule has 0 heterocycles. The van der Waals surface area contributed by atoms with E-state index in [-0.39, 0.29) is 0 Å². The minimum absolute atomic E-state index is 0.526. The van der Waals surface area contributed by atoms with Crippen molar-refractivity contribution in [3.63, 3.8) is 0 Å². The Kier molecular flexibility index (Phi) is 9.71. The van der Waals surface area contributed by atoms with Crippen molar-refractivity contribution in [3.8, 4) is 11.5 Å². The van der Waals surface area contributed by atoms with Crippen molar-refractivity contribution in [2.24, 2.45) is 5.73 Å². The van der Waals surface area contributed by atoms with Crippen molar-refractivity contribution in [3.05, 3.63) is 23.8 Å². The molecule has 0 aliphatic rings. The highest BCUT2D eigenvalue weighted by molar-refractivity contribution is 5.42. The van der Waals surface area contributed by atoms with Gasteiger partial charge in [-0.2, -0.15) is 0 Å². The minimum Gasteiger partial charge on any atom is -0.493 e. The molecule has 2 N–H and O–H groups in total. The molecule has 0 bridgehead atoms. The summed E-state index contributed by atoms with van der Waals surface area (Å²) >= 11 is 0. The van der Waals surface area contributed by atoms with Gasteiger partial charge in [0.1, 0.15) is 0 Å². The fraction of sp³-hybridized carbons (Fsp3) is 0.667. The summed E-state index contributed by atoms with van der Waals surface area (Å²) < 4.78 is 11.1. The lowest BCUT2D eigenvalue weighted by Crippen LogP contribution is -2.02. The number of methoxy groups -OCH3 is 1. The summed E-state index contributed by atoms with van der Waals surface area (Å²) in [4.78, 5) is 0. The van der Waals surface area contributed by atoms with Gasteiger partial charge in [0, 0.05) is 6.54 Å². The Morgan fingerprint density at radius 3 is 2.19 bits per heavy atom. The van der Waals surface area contributed by atoms with Gasteiger partial charge in [-0.3, -0.25) is 0 Å². The van der Waals surface area contributed by atoms with Crippen molar-refractivity contribution in [1.29, 1.82) is 0 Å². The summed E-state index contributed by atoms with van der Waals surface area (Å²) in [6, 6.07) is 5.87. The molecular formula is C18H31NO2. The van der Waals surface area contributed by atoms with E-state index in [0.717, 1.165) is 30.1 Å². The highest BCUT2D eigenvalue weighted by atomic mass is 16.5. The van der Waals surface area contributed by atoms with E-state index >= 15 is 0 Å². The van der Waals surface area contributed by atoms with Gasteiger partial charge in [0.05, 0.1) is 13.7 Å². The van der Waals surface area contributed by atoms with Crippen LogP contribution in [0.1, 0.15) is 63.9 Å². The van der Waals surface area contributed by atoms with Crippen LogP contribution in [0, 0.1) is 0 Å². The third-order valence-electron chi connectivity index (χ3n) is 3.72. The van der Waals surface area contributed by atoms with E-state index in [1.165, 1.54) is 44.9 Å². The Bertz CT molecular complexity index is 379. The number of hydrogen-bond donors (Lipinski definition) is 1. The van der Waals surface area contributed by atoms with Crippen molar-refractivity contribution in [2.45, 2.75) is 64.8 Å². The van der Waals surface area contributed by atoms with Gasteiger partial charge < -0.3 is 15.2 Å². The Labute approximate surface area is 129 Å². The van der Waals surface area contributed by atoms with Gasteiger partial charge in [-0.05, 0) is 24.1 Å². The van der Waals surface area contributed by atoms with Crippen LogP contribution in [0.15, 0.2) is 18.2 Å². The molecule has 21 heavy (non-hydrogen) atoms. The highest BCUT2D eigenvalue weighted by Crippen LogP contribution is 2.28. The van der Waals surface area contributed by atoms with Crippen molar-refractivity contribution in [2.75, 3.05) is 13.7 Å². The SMILES string of the molecule is CCCCCCCCCCOc1cc(CN)ccc1OC. The number of unbranched alkanes of at least 4 members (excludes halogenated alkanes) is 7. The number of rotatable bonds is 12. The number of ether oxygens (including phenoxy) is 2. The van der Waals surface area contributed by atoms with Crippen molar-refractivity contribution < 1.29 is 9.47 Å². The third-order valence-corrected chi connectivity index (χ3v) is 3.72. The van der Waals surface area contributed by atoms with Gasteiger partial charge in [-0.15, -0.1) is 0 Å². The van der Waals surface area contributed by atoms with E-state index in [2.05, 4.69) is 6.92 Å². The molecule has 0 unspecified atom stereocenters. The quantitative estimate of drug-likeness (QED) is 0.569. The molecular weight excluding hydrogens is 262 g/mol. The molecule has 0 amide bonds. The molecule has 0 atom stereocenters. The number of hydrogen-bond acceptors (Lipinski definition) is 3. The standard InChI is InChI=1S/C18H31NO2/c1-3-4-5-6-7-8-9-10-13-21-18-14-16(15-19)11-12-17(18)20-2/h11-12,14H,3-10,13,15,19H2,1-2H3. The molecule has 0 aromatic heterocycles. The average molecular weight is 293 g/mol. The Morgan fingerprint density at radius 2 is 1.57 bits per heavy atom. The molecule has 0 saturated carbocycles. The minimum atomic E-state index is 0.526. The number of nitrogens with two attached hydrogens (primary N) is 1. The van der Waals surface area contributed by atoms with Crippen LogP contribution in [-0.2, 0) is 6.54 Å². The van der Waals surface area contributed by atoms with Crippen LogP contribution in [0.5, 0.6) is 11.5 Å². The summed E-state index contributed by atoms with van der Waals surface area (Å²) in [5.74, 6) is 1.59. The first-order chi connectivity index (χ1) is 10.3. The Hall–Kier alpha value is -1.22. The molecule has 0 saturated heterocycles. The molecule has 1 aromatic carbocycles. The lowest BCUT2D eigenvalue weighted by atomic mass is 10.1. The predicted molar refractivity (Wildman–Crippen MR) is 89.0 cm³/mol. The largest absolute Gasteiger partial charge is 0.493 e.